The van der Waals surface area contributed by atoms with Crippen LogP contribution in [0, 0.1) is 22.7 Å². The largest absolute Gasteiger partial charge is 0.390 e. The Morgan fingerprint density at radius 2 is 1.83 bits per heavy atom. The molecule has 7 nitrogen and oxygen atoms in total. The molecule has 5 rings (SSSR count). The number of hydrogen-bond donors (Lipinski definition) is 1. The highest BCUT2D eigenvalue weighted by Gasteiger charge is 2.81. The molecule has 1 N–H and O–H groups in total. The lowest BCUT2D eigenvalue weighted by atomic mass is 9.44. The van der Waals surface area contributed by atoms with Gasteiger partial charge in [-0.15, -0.1) is 11.6 Å². The Labute approximate surface area is 214 Å². The normalized spacial score (nSPS) is 49.1. The van der Waals surface area contributed by atoms with E-state index < -0.39 is 81.0 Å². The zero-order valence-corrected chi connectivity index (χ0v) is 22.0. The van der Waals surface area contributed by atoms with E-state index in [1.165, 1.54) is 27.2 Å². The molecule has 4 fully saturated rings. The number of ketones is 2. The van der Waals surface area contributed by atoms with Crippen molar-refractivity contribution in [3.05, 3.63) is 23.6 Å². The van der Waals surface area contributed by atoms with E-state index in [0.717, 1.165) is 6.08 Å². The van der Waals surface area contributed by atoms with Gasteiger partial charge in [0.05, 0.1) is 17.6 Å². The standard InChI is InChI=1S/C26H33ClF2O7/c1-22(2)35-17-10-12-13-9-14(27)18-19(28)15(30)7-8-23(18,3)25(13,29)16(31)11-24(12,4)26(17,36-22)20(32)21(33-5)34-6/h7-8,12-14,16-17,21,31H,9-11H2,1-6H3/t12-,13-,14-,16-,17+,23-,24-,25-,26-/m0/s1. The van der Waals surface area contributed by atoms with Gasteiger partial charge >= 0.3 is 0 Å². The SMILES string of the molecule is COC(OC)C(=O)[C@@]12OC(C)(C)O[C@@H]1C[C@H]1[C@@H]3C[C@H](Cl)C4=C(F)C(=O)C=C[C@]4(C)[C@@]3(F)[C@@H](O)C[C@@]12C. The average Bonchev–Trinajstić information content (AvgIpc) is 3.20. The molecule has 10 heteroatoms. The van der Waals surface area contributed by atoms with E-state index in [4.69, 9.17) is 30.5 Å². The predicted octanol–water partition coefficient (Wildman–Crippen LogP) is 3.56. The molecule has 1 aliphatic heterocycles. The maximum Gasteiger partial charge on any atom is 0.223 e. The summed E-state index contributed by atoms with van der Waals surface area (Å²) in [5.74, 6) is -4.93. The van der Waals surface area contributed by atoms with Crippen LogP contribution in [0.2, 0.25) is 0 Å². The maximum absolute atomic E-state index is 17.5. The number of methoxy groups -OCH3 is 2. The summed E-state index contributed by atoms with van der Waals surface area (Å²) in [6, 6.07) is 0. The number of alkyl halides is 2. The highest BCUT2D eigenvalue weighted by atomic mass is 35.5. The summed E-state index contributed by atoms with van der Waals surface area (Å²) < 4.78 is 55.7. The van der Waals surface area contributed by atoms with E-state index in [1.54, 1.807) is 13.8 Å². The summed E-state index contributed by atoms with van der Waals surface area (Å²) >= 11 is 6.66. The van der Waals surface area contributed by atoms with Crippen molar-refractivity contribution in [1.82, 2.24) is 0 Å². The first-order chi connectivity index (χ1) is 16.6. The molecule has 0 unspecified atom stereocenters. The molecule has 5 aliphatic rings. The minimum Gasteiger partial charge on any atom is -0.390 e. The highest BCUT2D eigenvalue weighted by Crippen LogP contribution is 2.73. The lowest BCUT2D eigenvalue weighted by Gasteiger charge is -2.63. The van der Waals surface area contributed by atoms with Crippen LogP contribution in [-0.2, 0) is 28.5 Å². The first-order valence-corrected chi connectivity index (χ1v) is 12.7. The van der Waals surface area contributed by atoms with Gasteiger partial charge in [-0.05, 0) is 52.0 Å². The van der Waals surface area contributed by atoms with Crippen molar-refractivity contribution in [2.45, 2.75) is 87.9 Å². The van der Waals surface area contributed by atoms with Crippen molar-refractivity contribution in [3.8, 4) is 0 Å². The molecule has 9 atom stereocenters. The molecule has 1 saturated heterocycles. The number of Topliss-reactive ketones (excluding diaryl/α,β-unsaturated/α-hetero) is 1. The summed E-state index contributed by atoms with van der Waals surface area (Å²) in [6.07, 6.45) is -1.20. The summed E-state index contributed by atoms with van der Waals surface area (Å²) in [4.78, 5) is 26.1. The molecule has 4 aliphatic carbocycles. The Bertz CT molecular complexity index is 1070. The van der Waals surface area contributed by atoms with E-state index >= 15 is 8.78 Å². The monoisotopic (exact) mass is 530 g/mol. The van der Waals surface area contributed by atoms with Gasteiger partial charge in [0, 0.05) is 36.5 Å². The smallest absolute Gasteiger partial charge is 0.223 e. The molecule has 0 aromatic rings. The van der Waals surface area contributed by atoms with E-state index in [1.807, 2.05) is 6.92 Å². The van der Waals surface area contributed by atoms with Crippen LogP contribution in [0.1, 0.15) is 47.0 Å². The summed E-state index contributed by atoms with van der Waals surface area (Å²) in [6.45, 7) is 6.69. The number of carbonyl (C=O) groups is 2. The van der Waals surface area contributed by atoms with Gasteiger partial charge in [0.2, 0.25) is 17.9 Å². The molecule has 3 saturated carbocycles. The van der Waals surface area contributed by atoms with Crippen molar-refractivity contribution in [1.29, 1.82) is 0 Å². The third-order valence-electron chi connectivity index (χ3n) is 9.71. The molecule has 0 amide bonds. The number of ether oxygens (including phenoxy) is 4. The van der Waals surface area contributed by atoms with Gasteiger partial charge in [0.25, 0.3) is 0 Å². The zero-order chi connectivity index (χ0) is 26.6. The van der Waals surface area contributed by atoms with Crippen LogP contribution in [0.3, 0.4) is 0 Å². The molecule has 0 radical (unpaired) electrons. The second kappa shape index (κ2) is 7.90. The minimum atomic E-state index is -2.34. The Morgan fingerprint density at radius 1 is 1.19 bits per heavy atom. The number of allylic oxidation sites excluding steroid dienone is 4. The Kier molecular flexibility index (Phi) is 5.79. The van der Waals surface area contributed by atoms with Gasteiger partial charge in [0.15, 0.2) is 22.9 Å². The first-order valence-electron chi connectivity index (χ1n) is 12.3. The molecule has 200 valence electrons. The third kappa shape index (κ3) is 2.90. The second-order valence-electron chi connectivity index (χ2n) is 11.7. The molecule has 0 spiro atoms. The number of carbonyl (C=O) groups excluding carboxylic acids is 2. The van der Waals surface area contributed by atoms with Gasteiger partial charge in [-0.3, -0.25) is 9.59 Å². The fourth-order valence-corrected chi connectivity index (χ4v) is 8.83. The Balaban J connectivity index is 1.67. The highest BCUT2D eigenvalue weighted by molar-refractivity contribution is 6.23. The van der Waals surface area contributed by atoms with E-state index in [2.05, 4.69) is 0 Å². The lowest BCUT2D eigenvalue weighted by Crippen LogP contribution is -2.71. The van der Waals surface area contributed by atoms with E-state index in [0.29, 0.717) is 0 Å². The molecule has 36 heavy (non-hydrogen) atoms. The molecule has 0 aromatic heterocycles. The van der Waals surface area contributed by atoms with Crippen LogP contribution in [0.5, 0.6) is 0 Å². The number of hydrogen-bond acceptors (Lipinski definition) is 7. The fraction of sp³-hybridized carbons (Fsp3) is 0.769. The van der Waals surface area contributed by atoms with Crippen LogP contribution in [0.15, 0.2) is 23.6 Å². The second-order valence-corrected chi connectivity index (χ2v) is 12.2. The third-order valence-corrected chi connectivity index (χ3v) is 10.1. The van der Waals surface area contributed by atoms with Crippen LogP contribution < -0.4 is 0 Å². The van der Waals surface area contributed by atoms with Gasteiger partial charge in [-0.1, -0.05) is 13.0 Å². The Hall–Kier alpha value is -1.23. The zero-order valence-electron chi connectivity index (χ0n) is 21.3. The van der Waals surface area contributed by atoms with Crippen molar-refractivity contribution in [2.24, 2.45) is 22.7 Å². The van der Waals surface area contributed by atoms with Crippen molar-refractivity contribution >= 4 is 23.2 Å². The van der Waals surface area contributed by atoms with Crippen molar-refractivity contribution in [3.63, 3.8) is 0 Å². The van der Waals surface area contributed by atoms with Crippen LogP contribution >= 0.6 is 11.6 Å². The number of fused-ring (bicyclic) bond motifs is 7. The van der Waals surface area contributed by atoms with Crippen LogP contribution in [-0.4, -0.2) is 71.8 Å². The molecule has 1 heterocycles. The maximum atomic E-state index is 17.5. The molecule has 0 bridgehead atoms. The van der Waals surface area contributed by atoms with Crippen molar-refractivity contribution < 1.29 is 42.4 Å². The topological polar surface area (TPSA) is 91.3 Å². The van der Waals surface area contributed by atoms with E-state index in [-0.39, 0.29) is 24.8 Å². The van der Waals surface area contributed by atoms with Crippen molar-refractivity contribution in [2.75, 3.05) is 14.2 Å². The van der Waals surface area contributed by atoms with Crippen LogP contribution in [0.25, 0.3) is 0 Å². The minimum absolute atomic E-state index is 0.0206. The number of halogens is 3. The summed E-state index contributed by atoms with van der Waals surface area (Å²) in [5.41, 5.74) is -6.78. The number of aliphatic hydroxyl groups is 1. The Morgan fingerprint density at radius 3 is 2.44 bits per heavy atom. The summed E-state index contributed by atoms with van der Waals surface area (Å²) in [5, 5.41) is 10.6. The molecular weight excluding hydrogens is 498 g/mol. The van der Waals surface area contributed by atoms with Gasteiger partial charge in [-0.2, -0.15) is 0 Å². The molecule has 0 aromatic carbocycles. The van der Waals surface area contributed by atoms with Gasteiger partial charge in [0.1, 0.15) is 0 Å². The number of aliphatic hydroxyl groups excluding tert-OH is 1. The van der Waals surface area contributed by atoms with Gasteiger partial charge < -0.3 is 24.1 Å². The number of rotatable bonds is 4. The average molecular weight is 531 g/mol. The first kappa shape index (κ1) is 26.4. The quantitative estimate of drug-likeness (QED) is 0.439. The van der Waals surface area contributed by atoms with E-state index in [9.17, 15) is 14.7 Å². The van der Waals surface area contributed by atoms with Gasteiger partial charge in [-0.25, -0.2) is 8.78 Å². The predicted molar refractivity (Wildman–Crippen MR) is 124 cm³/mol. The molecular formula is C26H33ClF2O7. The lowest BCUT2D eigenvalue weighted by molar-refractivity contribution is -0.252. The fourth-order valence-electron chi connectivity index (χ4n) is 8.32. The van der Waals surface area contributed by atoms with Crippen LogP contribution in [0.4, 0.5) is 8.78 Å². The summed E-state index contributed by atoms with van der Waals surface area (Å²) in [7, 11) is 2.68.